The third-order valence-corrected chi connectivity index (χ3v) is 13.5. The Morgan fingerprint density at radius 1 is 0.367 bits per heavy atom. The van der Waals surface area contributed by atoms with Crippen LogP contribution in [0.1, 0.15) is 22.5 Å². The van der Waals surface area contributed by atoms with Crippen molar-refractivity contribution in [3.05, 3.63) is 247 Å². The zero-order valence-electron chi connectivity index (χ0n) is 32.6. The van der Waals surface area contributed by atoms with Crippen LogP contribution < -0.4 is 4.90 Å². The van der Waals surface area contributed by atoms with Gasteiger partial charge in [-0.3, -0.25) is 0 Å². The number of hydrogen-bond acceptors (Lipinski definition) is 3. The van der Waals surface area contributed by atoms with Gasteiger partial charge in [-0.15, -0.1) is 0 Å². The Labute approximate surface area is 354 Å². The first-order valence-electron chi connectivity index (χ1n) is 20.5. The van der Waals surface area contributed by atoms with E-state index in [0.29, 0.717) is 0 Å². The molecule has 1 aliphatic carbocycles. The summed E-state index contributed by atoms with van der Waals surface area (Å²) in [4.78, 5) is 4.80. The van der Waals surface area contributed by atoms with Gasteiger partial charge in [0.2, 0.25) is 0 Å². The van der Waals surface area contributed by atoms with Gasteiger partial charge in [0.25, 0.3) is 0 Å². The first-order chi connectivity index (χ1) is 29.8. The fourth-order valence-corrected chi connectivity index (χ4v) is 10.9. The van der Waals surface area contributed by atoms with E-state index in [-0.39, 0.29) is 0 Å². The third-order valence-electron chi connectivity index (χ3n) is 12.4. The van der Waals surface area contributed by atoms with E-state index in [9.17, 15) is 0 Å². The molecule has 0 fully saturated rings. The molecule has 0 N–H and O–H groups in total. The minimum Gasteiger partial charge on any atom is -0.458 e. The van der Waals surface area contributed by atoms with Gasteiger partial charge in [-0.1, -0.05) is 188 Å². The average molecular weight is 784 g/mol. The largest absolute Gasteiger partial charge is 0.458 e. The van der Waals surface area contributed by atoms with Gasteiger partial charge in [0, 0.05) is 27.3 Å². The molecule has 0 saturated carbocycles. The van der Waals surface area contributed by atoms with Crippen LogP contribution in [0.3, 0.4) is 0 Å². The van der Waals surface area contributed by atoms with Crippen LogP contribution in [-0.4, -0.2) is 0 Å². The van der Waals surface area contributed by atoms with Crippen LogP contribution in [0.2, 0.25) is 0 Å². The van der Waals surface area contributed by atoms with E-state index in [2.05, 4.69) is 229 Å². The highest BCUT2D eigenvalue weighted by Gasteiger charge is 2.53. The van der Waals surface area contributed by atoms with E-state index in [1.807, 2.05) is 11.8 Å². The molecule has 2 nitrogen and oxygen atoms in total. The van der Waals surface area contributed by atoms with Gasteiger partial charge >= 0.3 is 0 Å². The summed E-state index contributed by atoms with van der Waals surface area (Å²) < 4.78 is 7.18. The molecule has 9 aromatic carbocycles. The normalized spacial score (nSPS) is 13.1. The highest BCUT2D eigenvalue weighted by atomic mass is 32.2. The molecule has 10 aromatic rings. The standard InChI is InChI=1S/C57H37NOS/c1-3-15-38(16-4-1)39-27-31-42(32-28-39)58(43-33-29-41(30-34-43)46-20-8-7-19-45(46)40-17-5-2-6-18-40)44-35-36-53-49(37-44)55-56(59-53)57(52-25-13-14-26-54(52)60-55)50-23-11-9-21-47(50)48-22-10-12-24-51(48)57/h1-37H. The molecule has 1 spiro atoms. The quantitative estimate of drug-likeness (QED) is 0.167. The lowest BCUT2D eigenvalue weighted by Crippen LogP contribution is -2.31. The number of furan rings is 1. The predicted octanol–water partition coefficient (Wildman–Crippen LogP) is 15.7. The van der Waals surface area contributed by atoms with Gasteiger partial charge in [0.05, 0.1) is 4.90 Å². The molecule has 0 radical (unpaired) electrons. The van der Waals surface area contributed by atoms with E-state index in [1.54, 1.807) is 0 Å². The number of hydrogen-bond donors (Lipinski definition) is 0. The lowest BCUT2D eigenvalue weighted by atomic mass is 9.70. The molecule has 3 heteroatoms. The molecule has 60 heavy (non-hydrogen) atoms. The van der Waals surface area contributed by atoms with Gasteiger partial charge in [-0.25, -0.2) is 0 Å². The Bertz CT molecular complexity index is 3180. The van der Waals surface area contributed by atoms with Gasteiger partial charge in [0.15, 0.2) is 0 Å². The topological polar surface area (TPSA) is 16.4 Å². The molecule has 0 atom stereocenters. The Balaban J connectivity index is 1.03. The fraction of sp³-hybridized carbons (Fsp3) is 0.0175. The SMILES string of the molecule is c1ccc(-c2ccc(N(c3ccc(-c4ccccc4-c4ccccc4)cc3)c3ccc4oc5c(c4c3)Sc3ccccc3C53c4ccccc4-c4ccccc43)cc2)cc1. The van der Waals surface area contributed by atoms with Crippen LogP contribution >= 0.6 is 11.8 Å². The number of fused-ring (bicyclic) bond motifs is 11. The Kier molecular flexibility index (Phi) is 8.04. The number of nitrogens with zero attached hydrogens (tertiary/aromatic N) is 1. The van der Waals surface area contributed by atoms with E-state index in [4.69, 9.17) is 4.42 Å². The van der Waals surface area contributed by atoms with Gasteiger partial charge < -0.3 is 9.32 Å². The van der Waals surface area contributed by atoms with Crippen molar-refractivity contribution >= 4 is 39.8 Å². The second kappa shape index (κ2) is 13.9. The molecule has 282 valence electrons. The maximum Gasteiger partial charge on any atom is 0.138 e. The Hall–Kier alpha value is -7.33. The lowest BCUT2D eigenvalue weighted by Gasteiger charge is -2.36. The fourth-order valence-electron chi connectivity index (χ4n) is 9.69. The Morgan fingerprint density at radius 3 is 1.43 bits per heavy atom. The maximum atomic E-state index is 7.18. The molecule has 0 amide bonds. The van der Waals surface area contributed by atoms with E-state index in [0.717, 1.165) is 33.8 Å². The molecule has 12 rings (SSSR count). The smallest absolute Gasteiger partial charge is 0.138 e. The van der Waals surface area contributed by atoms with Gasteiger partial charge in [-0.05, 0) is 110 Å². The highest BCUT2D eigenvalue weighted by molar-refractivity contribution is 7.99. The zero-order chi connectivity index (χ0) is 39.6. The number of benzene rings is 9. The van der Waals surface area contributed by atoms with Crippen molar-refractivity contribution in [3.8, 4) is 44.5 Å². The molecule has 0 saturated heterocycles. The summed E-state index contributed by atoms with van der Waals surface area (Å²) >= 11 is 1.83. The maximum absolute atomic E-state index is 7.18. The summed E-state index contributed by atoms with van der Waals surface area (Å²) in [5.41, 5.74) is 17.1. The lowest BCUT2D eigenvalue weighted by molar-refractivity contribution is 0.478. The van der Waals surface area contributed by atoms with Crippen molar-refractivity contribution in [1.82, 2.24) is 0 Å². The summed E-state index contributed by atoms with van der Waals surface area (Å²) in [6.07, 6.45) is 0. The monoisotopic (exact) mass is 783 g/mol. The zero-order valence-corrected chi connectivity index (χ0v) is 33.4. The van der Waals surface area contributed by atoms with Crippen molar-refractivity contribution in [2.45, 2.75) is 15.2 Å². The van der Waals surface area contributed by atoms with Crippen molar-refractivity contribution in [3.63, 3.8) is 0 Å². The van der Waals surface area contributed by atoms with Crippen molar-refractivity contribution in [1.29, 1.82) is 0 Å². The minimum atomic E-state index is -0.567. The summed E-state index contributed by atoms with van der Waals surface area (Å²) in [6.45, 7) is 0. The Morgan fingerprint density at radius 2 is 0.817 bits per heavy atom. The first-order valence-corrected chi connectivity index (χ1v) is 21.3. The molecule has 0 bridgehead atoms. The van der Waals surface area contributed by atoms with Crippen LogP contribution in [0.5, 0.6) is 0 Å². The van der Waals surface area contributed by atoms with Crippen LogP contribution in [0, 0.1) is 0 Å². The average Bonchev–Trinajstić information content (AvgIpc) is 3.84. The van der Waals surface area contributed by atoms with Crippen LogP contribution in [-0.2, 0) is 5.41 Å². The summed E-state index contributed by atoms with van der Waals surface area (Å²) in [5, 5.41) is 1.11. The van der Waals surface area contributed by atoms with E-state index < -0.39 is 5.41 Å². The molecule has 2 heterocycles. The third kappa shape index (κ3) is 5.29. The van der Waals surface area contributed by atoms with Crippen LogP contribution in [0.25, 0.3) is 55.5 Å². The second-order valence-electron chi connectivity index (χ2n) is 15.6. The number of rotatable bonds is 6. The first kappa shape index (κ1) is 34.7. The van der Waals surface area contributed by atoms with E-state index >= 15 is 0 Å². The van der Waals surface area contributed by atoms with Crippen molar-refractivity contribution < 1.29 is 4.42 Å². The van der Waals surface area contributed by atoms with Crippen molar-refractivity contribution in [2.24, 2.45) is 0 Å². The van der Waals surface area contributed by atoms with Gasteiger partial charge in [-0.2, -0.15) is 0 Å². The molecule has 0 unspecified atom stereocenters. The number of anilines is 3. The van der Waals surface area contributed by atoms with Crippen LogP contribution in [0.4, 0.5) is 17.1 Å². The van der Waals surface area contributed by atoms with Crippen molar-refractivity contribution in [2.75, 3.05) is 4.90 Å². The highest BCUT2D eigenvalue weighted by Crippen LogP contribution is 2.63. The second-order valence-corrected chi connectivity index (χ2v) is 16.6. The summed E-state index contributed by atoms with van der Waals surface area (Å²) in [5.74, 6) is 0.996. The summed E-state index contributed by atoms with van der Waals surface area (Å²) in [6, 6.07) is 81.2. The minimum absolute atomic E-state index is 0.567. The molecule has 1 aliphatic heterocycles. The molecular weight excluding hydrogens is 747 g/mol. The van der Waals surface area contributed by atoms with Gasteiger partial charge in [0.1, 0.15) is 16.8 Å². The predicted molar refractivity (Wildman–Crippen MR) is 249 cm³/mol. The molecular formula is C57H37NOS. The molecule has 1 aromatic heterocycles. The molecule has 2 aliphatic rings. The summed E-state index contributed by atoms with van der Waals surface area (Å²) in [7, 11) is 0. The van der Waals surface area contributed by atoms with Crippen LogP contribution in [0.15, 0.2) is 239 Å². The van der Waals surface area contributed by atoms with E-state index in [1.165, 1.54) is 71.0 Å².